The van der Waals surface area contributed by atoms with E-state index in [4.69, 9.17) is 4.98 Å². The minimum atomic E-state index is 0.489. The highest BCUT2D eigenvalue weighted by Crippen LogP contribution is 2.24. The number of rotatable bonds is 4. The Balaban J connectivity index is 2.56. The molecule has 1 heteroatoms. The third-order valence-corrected chi connectivity index (χ3v) is 3.60. The molecule has 0 aliphatic carbocycles. The summed E-state index contributed by atoms with van der Waals surface area (Å²) in [6.45, 7) is 11.2. The Hall–Kier alpha value is -1.37. The summed E-state index contributed by atoms with van der Waals surface area (Å²) >= 11 is 0. The number of nitrogens with zero attached hydrogens (tertiary/aromatic N) is 1. The van der Waals surface area contributed by atoms with Crippen LogP contribution in [0.3, 0.4) is 0 Å². The first-order valence-corrected chi connectivity index (χ1v) is 7.43. The van der Waals surface area contributed by atoms with E-state index in [-0.39, 0.29) is 0 Å². The van der Waals surface area contributed by atoms with E-state index in [1.54, 1.807) is 0 Å². The van der Waals surface area contributed by atoms with Crippen molar-refractivity contribution in [3.8, 4) is 0 Å². The zero-order valence-electron chi connectivity index (χ0n) is 12.8. The fourth-order valence-corrected chi connectivity index (χ4v) is 2.56. The molecule has 1 nitrogen and oxygen atoms in total. The predicted molar refractivity (Wildman–Crippen MR) is 83.8 cm³/mol. The molecule has 102 valence electrons. The minimum absolute atomic E-state index is 0.489. The zero-order valence-corrected chi connectivity index (χ0v) is 12.8. The Morgan fingerprint density at radius 2 is 1.79 bits per heavy atom. The molecule has 0 saturated heterocycles. The van der Waals surface area contributed by atoms with Crippen LogP contribution in [0.25, 0.3) is 10.9 Å². The van der Waals surface area contributed by atoms with Gasteiger partial charge in [-0.05, 0) is 47.9 Å². The van der Waals surface area contributed by atoms with Crippen LogP contribution in [0.1, 0.15) is 57.4 Å². The third-order valence-electron chi connectivity index (χ3n) is 3.60. The summed E-state index contributed by atoms with van der Waals surface area (Å²) in [6, 6.07) is 9.07. The number of hydrogen-bond acceptors (Lipinski definition) is 1. The van der Waals surface area contributed by atoms with Gasteiger partial charge in [0.05, 0.1) is 5.52 Å². The topological polar surface area (TPSA) is 12.9 Å². The van der Waals surface area contributed by atoms with Crippen LogP contribution < -0.4 is 0 Å². The molecule has 0 saturated carbocycles. The average molecular weight is 255 g/mol. The van der Waals surface area contributed by atoms with Gasteiger partial charge in [0.2, 0.25) is 0 Å². The molecule has 0 amide bonds. The Morgan fingerprint density at radius 1 is 1.05 bits per heavy atom. The number of benzene rings is 1. The second-order valence-electron chi connectivity index (χ2n) is 6.16. The number of pyridine rings is 1. The Kier molecular flexibility index (Phi) is 4.24. The molecular weight excluding hydrogens is 230 g/mol. The first-order chi connectivity index (χ1) is 9.01. The van der Waals surface area contributed by atoms with Crippen molar-refractivity contribution in [2.24, 2.45) is 5.92 Å². The largest absolute Gasteiger partial charge is 0.253 e. The Morgan fingerprint density at radius 3 is 2.37 bits per heavy atom. The van der Waals surface area contributed by atoms with Crippen LogP contribution in [0.15, 0.2) is 24.3 Å². The summed E-state index contributed by atoms with van der Waals surface area (Å²) in [6.07, 6.45) is 2.20. The second-order valence-corrected chi connectivity index (χ2v) is 6.16. The lowest BCUT2D eigenvalue weighted by molar-refractivity contribution is 0.647. The van der Waals surface area contributed by atoms with Gasteiger partial charge in [-0.25, -0.2) is 0 Å². The van der Waals surface area contributed by atoms with Gasteiger partial charge in [-0.15, -0.1) is 0 Å². The highest BCUT2D eigenvalue weighted by molar-refractivity contribution is 5.83. The normalized spacial score (nSPS) is 11.7. The van der Waals surface area contributed by atoms with Crippen molar-refractivity contribution in [2.45, 2.75) is 53.4 Å². The molecule has 1 aromatic heterocycles. The van der Waals surface area contributed by atoms with Gasteiger partial charge >= 0.3 is 0 Å². The summed E-state index contributed by atoms with van der Waals surface area (Å²) in [5, 5.41) is 1.32. The molecule has 1 heterocycles. The van der Waals surface area contributed by atoms with Gasteiger partial charge in [0.15, 0.2) is 0 Å². The molecule has 2 rings (SSSR count). The maximum atomic E-state index is 4.85. The molecule has 0 fully saturated rings. The number of hydrogen-bond donors (Lipinski definition) is 0. The van der Waals surface area contributed by atoms with Crippen LogP contribution >= 0.6 is 0 Å². The fourth-order valence-electron chi connectivity index (χ4n) is 2.56. The van der Waals surface area contributed by atoms with Crippen molar-refractivity contribution < 1.29 is 0 Å². The Labute approximate surface area is 117 Å². The molecule has 0 aliphatic rings. The standard InChI is InChI=1S/C18H25N/c1-6-15-11-17(13(4)5)19-18-10-14(9-12(2)3)7-8-16(15)18/h7-8,10-13H,6,9H2,1-5H3. The van der Waals surface area contributed by atoms with Crippen molar-refractivity contribution in [3.63, 3.8) is 0 Å². The van der Waals surface area contributed by atoms with E-state index in [0.29, 0.717) is 11.8 Å². The molecule has 0 spiro atoms. The maximum Gasteiger partial charge on any atom is 0.0710 e. The van der Waals surface area contributed by atoms with E-state index in [0.717, 1.165) is 12.8 Å². The molecule has 19 heavy (non-hydrogen) atoms. The molecule has 0 unspecified atom stereocenters. The van der Waals surface area contributed by atoms with Gasteiger partial charge in [-0.3, -0.25) is 4.98 Å². The Bertz CT molecular complexity index is 567. The van der Waals surface area contributed by atoms with Crippen LogP contribution in [0.2, 0.25) is 0 Å². The number of aromatic nitrogens is 1. The number of fused-ring (bicyclic) bond motifs is 1. The molecule has 0 radical (unpaired) electrons. The molecule has 0 N–H and O–H groups in total. The second kappa shape index (κ2) is 5.73. The predicted octanol–water partition coefficient (Wildman–Crippen LogP) is 5.12. The molecule has 0 aliphatic heterocycles. The van der Waals surface area contributed by atoms with Crippen molar-refractivity contribution in [1.82, 2.24) is 4.98 Å². The maximum absolute atomic E-state index is 4.85. The van der Waals surface area contributed by atoms with Gasteiger partial charge in [0, 0.05) is 11.1 Å². The molecule has 2 aromatic rings. The van der Waals surface area contributed by atoms with Crippen molar-refractivity contribution >= 4 is 10.9 Å². The van der Waals surface area contributed by atoms with Crippen molar-refractivity contribution in [2.75, 3.05) is 0 Å². The van der Waals surface area contributed by atoms with Gasteiger partial charge in [0.25, 0.3) is 0 Å². The number of aryl methyl sites for hydroxylation is 1. The minimum Gasteiger partial charge on any atom is -0.253 e. The van der Waals surface area contributed by atoms with Gasteiger partial charge < -0.3 is 0 Å². The van der Waals surface area contributed by atoms with Crippen molar-refractivity contribution in [1.29, 1.82) is 0 Å². The van der Waals surface area contributed by atoms with E-state index in [9.17, 15) is 0 Å². The quantitative estimate of drug-likeness (QED) is 0.739. The first kappa shape index (κ1) is 14.0. The summed E-state index contributed by atoms with van der Waals surface area (Å²) in [7, 11) is 0. The molecular formula is C18H25N. The van der Waals surface area contributed by atoms with Crippen LogP contribution in [0.4, 0.5) is 0 Å². The summed E-state index contributed by atoms with van der Waals surface area (Å²) in [5.41, 5.74) is 5.20. The average Bonchev–Trinajstić information content (AvgIpc) is 2.36. The monoisotopic (exact) mass is 255 g/mol. The van der Waals surface area contributed by atoms with Crippen LogP contribution in [0, 0.1) is 5.92 Å². The lowest BCUT2D eigenvalue weighted by Crippen LogP contribution is -1.99. The molecule has 0 atom stereocenters. The summed E-state index contributed by atoms with van der Waals surface area (Å²) < 4.78 is 0. The highest BCUT2D eigenvalue weighted by atomic mass is 14.7. The van der Waals surface area contributed by atoms with Crippen molar-refractivity contribution in [3.05, 3.63) is 41.1 Å². The SMILES string of the molecule is CCc1cc(C(C)C)nc2cc(CC(C)C)ccc12. The third kappa shape index (κ3) is 3.15. The lowest BCUT2D eigenvalue weighted by Gasteiger charge is -2.12. The lowest BCUT2D eigenvalue weighted by atomic mass is 9.97. The van der Waals surface area contributed by atoms with E-state index in [2.05, 4.69) is 58.9 Å². The smallest absolute Gasteiger partial charge is 0.0710 e. The highest BCUT2D eigenvalue weighted by Gasteiger charge is 2.08. The van der Waals surface area contributed by atoms with Crippen LogP contribution in [-0.2, 0) is 12.8 Å². The van der Waals surface area contributed by atoms with E-state index in [1.165, 1.54) is 27.7 Å². The van der Waals surface area contributed by atoms with E-state index in [1.807, 2.05) is 0 Å². The van der Waals surface area contributed by atoms with Gasteiger partial charge in [-0.1, -0.05) is 46.8 Å². The molecule has 1 aromatic carbocycles. The van der Waals surface area contributed by atoms with Gasteiger partial charge in [-0.2, -0.15) is 0 Å². The summed E-state index contributed by atoms with van der Waals surface area (Å²) in [4.78, 5) is 4.85. The zero-order chi connectivity index (χ0) is 14.0. The fraction of sp³-hybridized carbons (Fsp3) is 0.500. The van der Waals surface area contributed by atoms with E-state index >= 15 is 0 Å². The first-order valence-electron chi connectivity index (χ1n) is 7.43. The van der Waals surface area contributed by atoms with E-state index < -0.39 is 0 Å². The van der Waals surface area contributed by atoms with Crippen LogP contribution in [-0.4, -0.2) is 4.98 Å². The van der Waals surface area contributed by atoms with Gasteiger partial charge in [0.1, 0.15) is 0 Å². The molecule has 0 bridgehead atoms. The summed E-state index contributed by atoms with van der Waals surface area (Å²) in [5.74, 6) is 1.18. The van der Waals surface area contributed by atoms with Crippen LogP contribution in [0.5, 0.6) is 0 Å².